The summed E-state index contributed by atoms with van der Waals surface area (Å²) in [5.74, 6) is 0.0916. The fourth-order valence-electron chi connectivity index (χ4n) is 2.86. The van der Waals surface area contributed by atoms with E-state index >= 15 is 0 Å². The van der Waals surface area contributed by atoms with Crippen molar-refractivity contribution in [3.8, 4) is 0 Å². The van der Waals surface area contributed by atoms with Crippen LogP contribution in [0, 0.1) is 0 Å². The predicted molar refractivity (Wildman–Crippen MR) is 97.0 cm³/mol. The van der Waals surface area contributed by atoms with E-state index in [0.29, 0.717) is 32.8 Å². The lowest BCUT2D eigenvalue weighted by Crippen LogP contribution is -2.47. The van der Waals surface area contributed by atoms with E-state index in [-0.39, 0.29) is 30.9 Å². The first-order valence-corrected chi connectivity index (χ1v) is 8.85. The Hall–Kier alpha value is -1.92. The largest absolute Gasteiger partial charge is 0.378 e. The van der Waals surface area contributed by atoms with Crippen LogP contribution in [0.15, 0.2) is 30.3 Å². The van der Waals surface area contributed by atoms with Crippen LogP contribution >= 0.6 is 0 Å². The minimum atomic E-state index is 0.0381. The van der Waals surface area contributed by atoms with Crippen molar-refractivity contribution in [1.82, 2.24) is 14.7 Å². The molecule has 1 heterocycles. The highest BCUT2D eigenvalue weighted by molar-refractivity contribution is 5.81. The van der Waals surface area contributed by atoms with Crippen LogP contribution in [0.3, 0.4) is 0 Å². The molecule has 25 heavy (non-hydrogen) atoms. The van der Waals surface area contributed by atoms with Crippen molar-refractivity contribution in [2.75, 3.05) is 46.4 Å². The smallest absolute Gasteiger partial charge is 0.237 e. The number of hydrogen-bond donors (Lipinski definition) is 0. The van der Waals surface area contributed by atoms with Crippen LogP contribution in [0.25, 0.3) is 0 Å². The summed E-state index contributed by atoms with van der Waals surface area (Å²) in [7, 11) is 1.82. The lowest BCUT2D eigenvalue weighted by Gasteiger charge is -2.31. The van der Waals surface area contributed by atoms with Crippen molar-refractivity contribution < 1.29 is 14.3 Å². The minimum absolute atomic E-state index is 0.0381. The number of carbonyl (C=O) groups is 2. The van der Waals surface area contributed by atoms with Gasteiger partial charge in [0.1, 0.15) is 0 Å². The van der Waals surface area contributed by atoms with Gasteiger partial charge >= 0.3 is 0 Å². The highest BCUT2D eigenvalue weighted by atomic mass is 16.5. The third-order valence-electron chi connectivity index (χ3n) is 4.31. The summed E-state index contributed by atoms with van der Waals surface area (Å²) in [5.41, 5.74) is 1.11. The van der Waals surface area contributed by atoms with Gasteiger partial charge in [-0.1, -0.05) is 30.3 Å². The molecule has 1 aliphatic rings. The molecule has 1 fully saturated rings. The van der Waals surface area contributed by atoms with Gasteiger partial charge in [-0.2, -0.15) is 0 Å². The van der Waals surface area contributed by atoms with Gasteiger partial charge in [0.2, 0.25) is 11.8 Å². The number of ether oxygens (including phenoxy) is 1. The van der Waals surface area contributed by atoms with Gasteiger partial charge in [-0.15, -0.1) is 0 Å². The number of likely N-dealkylation sites (N-methyl/N-ethyl adjacent to an activating group) is 1. The van der Waals surface area contributed by atoms with E-state index in [2.05, 4.69) is 0 Å². The molecule has 0 bridgehead atoms. The molecule has 0 aromatic heterocycles. The molecule has 1 aromatic rings. The van der Waals surface area contributed by atoms with Gasteiger partial charge in [-0.3, -0.25) is 14.5 Å². The number of morpholine rings is 1. The second kappa shape index (κ2) is 9.53. The molecule has 1 aromatic carbocycles. The normalized spacial score (nSPS) is 14.8. The highest BCUT2D eigenvalue weighted by Gasteiger charge is 2.22. The third-order valence-corrected chi connectivity index (χ3v) is 4.31. The standard InChI is InChI=1S/C19H29N3O3/c1-16(2)22(13-17-7-5-4-6-8-17)19(24)15-20(3)14-18(23)21-9-11-25-12-10-21/h4-8,16H,9-15H2,1-3H3. The van der Waals surface area contributed by atoms with E-state index in [9.17, 15) is 9.59 Å². The van der Waals surface area contributed by atoms with Crippen LogP contribution in [-0.4, -0.2) is 79.0 Å². The molecule has 6 nitrogen and oxygen atoms in total. The average molecular weight is 347 g/mol. The fraction of sp³-hybridized carbons (Fsp3) is 0.579. The summed E-state index contributed by atoms with van der Waals surface area (Å²) in [5, 5.41) is 0. The Balaban J connectivity index is 1.87. The lowest BCUT2D eigenvalue weighted by atomic mass is 10.2. The quantitative estimate of drug-likeness (QED) is 0.744. The van der Waals surface area contributed by atoms with Gasteiger partial charge in [0.25, 0.3) is 0 Å². The molecule has 0 unspecified atom stereocenters. The van der Waals surface area contributed by atoms with Crippen molar-refractivity contribution in [3.05, 3.63) is 35.9 Å². The van der Waals surface area contributed by atoms with E-state index in [4.69, 9.17) is 4.74 Å². The summed E-state index contributed by atoms with van der Waals surface area (Å²) in [6.07, 6.45) is 0. The molecular formula is C19H29N3O3. The molecule has 0 atom stereocenters. The maximum Gasteiger partial charge on any atom is 0.237 e. The van der Waals surface area contributed by atoms with Crippen LogP contribution in [0.4, 0.5) is 0 Å². The van der Waals surface area contributed by atoms with Crippen molar-refractivity contribution in [2.45, 2.75) is 26.4 Å². The topological polar surface area (TPSA) is 53.1 Å². The first-order valence-electron chi connectivity index (χ1n) is 8.85. The number of rotatable bonds is 7. The Morgan fingerprint density at radius 3 is 2.36 bits per heavy atom. The summed E-state index contributed by atoms with van der Waals surface area (Å²) >= 11 is 0. The van der Waals surface area contributed by atoms with Crippen LogP contribution in [0.2, 0.25) is 0 Å². The summed E-state index contributed by atoms with van der Waals surface area (Å²) < 4.78 is 5.27. The van der Waals surface area contributed by atoms with Crippen LogP contribution < -0.4 is 0 Å². The first kappa shape index (κ1) is 19.4. The molecule has 6 heteroatoms. The van der Waals surface area contributed by atoms with E-state index in [1.165, 1.54) is 0 Å². The summed E-state index contributed by atoms with van der Waals surface area (Å²) in [4.78, 5) is 30.4. The number of hydrogen-bond acceptors (Lipinski definition) is 4. The lowest BCUT2D eigenvalue weighted by molar-refractivity contribution is -0.138. The SMILES string of the molecule is CC(C)N(Cc1ccccc1)C(=O)CN(C)CC(=O)N1CCOCC1. The molecule has 138 valence electrons. The van der Waals surface area contributed by atoms with Gasteiger partial charge in [0, 0.05) is 25.7 Å². The van der Waals surface area contributed by atoms with Crippen molar-refractivity contribution in [3.63, 3.8) is 0 Å². The van der Waals surface area contributed by atoms with Crippen LogP contribution in [0.1, 0.15) is 19.4 Å². The molecule has 0 aliphatic carbocycles. The molecule has 0 spiro atoms. The third kappa shape index (κ3) is 6.14. The molecule has 1 saturated heterocycles. The second-order valence-electron chi connectivity index (χ2n) is 6.77. The number of nitrogens with zero attached hydrogens (tertiary/aromatic N) is 3. The van der Waals surface area contributed by atoms with E-state index < -0.39 is 0 Å². The Morgan fingerprint density at radius 1 is 1.12 bits per heavy atom. The van der Waals surface area contributed by atoms with Crippen molar-refractivity contribution >= 4 is 11.8 Å². The van der Waals surface area contributed by atoms with Gasteiger partial charge < -0.3 is 14.5 Å². The Morgan fingerprint density at radius 2 is 1.76 bits per heavy atom. The molecule has 0 saturated carbocycles. The van der Waals surface area contributed by atoms with E-state index in [1.807, 2.05) is 56.1 Å². The molecule has 2 rings (SSSR count). The Bertz CT molecular complexity index is 556. The van der Waals surface area contributed by atoms with E-state index in [1.54, 1.807) is 9.80 Å². The molecule has 0 radical (unpaired) electrons. The number of benzene rings is 1. The van der Waals surface area contributed by atoms with Gasteiger partial charge in [0.05, 0.1) is 26.3 Å². The summed E-state index contributed by atoms with van der Waals surface area (Å²) in [6, 6.07) is 10.1. The fourth-order valence-corrected chi connectivity index (χ4v) is 2.86. The van der Waals surface area contributed by atoms with Gasteiger partial charge in [-0.25, -0.2) is 0 Å². The highest BCUT2D eigenvalue weighted by Crippen LogP contribution is 2.09. The predicted octanol–water partition coefficient (Wildman–Crippen LogP) is 1.21. The molecular weight excluding hydrogens is 318 g/mol. The molecule has 0 N–H and O–H groups in total. The number of carbonyl (C=O) groups excluding carboxylic acids is 2. The van der Waals surface area contributed by atoms with E-state index in [0.717, 1.165) is 5.56 Å². The van der Waals surface area contributed by atoms with Crippen molar-refractivity contribution in [1.29, 1.82) is 0 Å². The monoisotopic (exact) mass is 347 g/mol. The van der Waals surface area contributed by atoms with Crippen molar-refractivity contribution in [2.24, 2.45) is 0 Å². The number of amides is 2. The van der Waals surface area contributed by atoms with Gasteiger partial charge in [-0.05, 0) is 26.5 Å². The Labute approximate surface area is 150 Å². The molecule has 1 aliphatic heterocycles. The maximum absolute atomic E-state index is 12.7. The average Bonchev–Trinajstić information content (AvgIpc) is 2.60. The zero-order chi connectivity index (χ0) is 18.2. The zero-order valence-corrected chi connectivity index (χ0v) is 15.5. The van der Waals surface area contributed by atoms with Crippen LogP contribution in [-0.2, 0) is 20.9 Å². The molecule has 2 amide bonds. The second-order valence-corrected chi connectivity index (χ2v) is 6.77. The Kier molecular flexibility index (Phi) is 7.40. The van der Waals surface area contributed by atoms with Gasteiger partial charge in [0.15, 0.2) is 0 Å². The maximum atomic E-state index is 12.7. The zero-order valence-electron chi connectivity index (χ0n) is 15.5. The summed E-state index contributed by atoms with van der Waals surface area (Å²) in [6.45, 7) is 7.55. The van der Waals surface area contributed by atoms with Crippen LogP contribution in [0.5, 0.6) is 0 Å². The minimum Gasteiger partial charge on any atom is -0.378 e. The first-order chi connectivity index (χ1) is 12.0.